The van der Waals surface area contributed by atoms with E-state index in [1.165, 1.54) is 16.9 Å². The molecule has 0 amide bonds. The van der Waals surface area contributed by atoms with Gasteiger partial charge in [0, 0.05) is 24.0 Å². The second kappa shape index (κ2) is 10.7. The Hall–Kier alpha value is -2.55. The minimum atomic E-state index is -3.53. The Labute approximate surface area is 188 Å². The third-order valence-corrected chi connectivity index (χ3v) is 7.31. The van der Waals surface area contributed by atoms with Gasteiger partial charge in [-0.3, -0.25) is 5.43 Å². The predicted molar refractivity (Wildman–Crippen MR) is 129 cm³/mol. The van der Waals surface area contributed by atoms with Crippen molar-refractivity contribution in [2.45, 2.75) is 38.5 Å². The number of aryl methyl sites for hydroxylation is 1. The Morgan fingerprint density at radius 2 is 1.81 bits per heavy atom. The lowest BCUT2D eigenvalue weighted by Crippen LogP contribution is -2.32. The number of nitrogens with one attached hydrogen (secondary N) is 1. The minimum Gasteiger partial charge on any atom is -0.253 e. The highest BCUT2D eigenvalue weighted by molar-refractivity contribution is 7.89. The number of sulfonamides is 1. The summed E-state index contributed by atoms with van der Waals surface area (Å²) >= 11 is 1.42. The first-order valence-electron chi connectivity index (χ1n) is 10.4. The predicted octanol–water partition coefficient (Wildman–Crippen LogP) is 5.38. The number of hydrazone groups is 1. The molecule has 0 aliphatic heterocycles. The van der Waals surface area contributed by atoms with Crippen molar-refractivity contribution in [1.82, 2.24) is 9.29 Å². The number of hydrogen-bond donors (Lipinski definition) is 1. The molecule has 6 nitrogen and oxygen atoms in total. The van der Waals surface area contributed by atoms with Gasteiger partial charge >= 0.3 is 0 Å². The van der Waals surface area contributed by atoms with Crippen molar-refractivity contribution in [2.24, 2.45) is 5.10 Å². The first-order chi connectivity index (χ1) is 14.9. The third kappa shape index (κ3) is 6.00. The van der Waals surface area contributed by atoms with E-state index >= 15 is 0 Å². The maximum atomic E-state index is 13.1. The van der Waals surface area contributed by atoms with E-state index in [9.17, 15) is 8.42 Å². The van der Waals surface area contributed by atoms with Crippen LogP contribution in [-0.2, 0) is 10.0 Å². The largest absolute Gasteiger partial charge is 0.253 e. The molecule has 0 saturated heterocycles. The van der Waals surface area contributed by atoms with Gasteiger partial charge in [0.25, 0.3) is 0 Å². The molecule has 1 aromatic heterocycles. The van der Waals surface area contributed by atoms with Gasteiger partial charge < -0.3 is 0 Å². The number of benzene rings is 2. The van der Waals surface area contributed by atoms with Crippen LogP contribution in [-0.4, -0.2) is 37.0 Å². The summed E-state index contributed by atoms with van der Waals surface area (Å²) in [5, 5.41) is 6.78. The van der Waals surface area contributed by atoms with Gasteiger partial charge in [0.2, 0.25) is 15.2 Å². The van der Waals surface area contributed by atoms with Gasteiger partial charge in [-0.2, -0.15) is 9.41 Å². The molecular weight excluding hydrogens is 428 g/mol. The molecule has 0 bridgehead atoms. The standard InChI is InChI=1S/C23H28N4O2S2/c1-4-13-27(14-5-2)31(28,29)21-8-6-7-20(15-21)22-17-30-23(25-22)26-24-16-19-11-9-18(3)10-12-19/h6-12,15-17H,4-5,13-14H2,1-3H3,(H,25,26)/b24-16+. The summed E-state index contributed by atoms with van der Waals surface area (Å²) in [5.41, 5.74) is 6.62. The molecule has 0 saturated carbocycles. The van der Waals surface area contributed by atoms with E-state index in [2.05, 4.69) is 15.5 Å². The van der Waals surface area contributed by atoms with Crippen LogP contribution in [0.25, 0.3) is 11.3 Å². The van der Waals surface area contributed by atoms with Gasteiger partial charge in [-0.25, -0.2) is 13.4 Å². The van der Waals surface area contributed by atoms with Crippen LogP contribution < -0.4 is 5.43 Å². The van der Waals surface area contributed by atoms with E-state index in [-0.39, 0.29) is 0 Å². The van der Waals surface area contributed by atoms with Gasteiger partial charge in [-0.05, 0) is 37.5 Å². The van der Waals surface area contributed by atoms with Gasteiger partial charge in [-0.15, -0.1) is 11.3 Å². The molecule has 0 aliphatic carbocycles. The molecule has 1 N–H and O–H groups in total. The van der Waals surface area contributed by atoms with Crippen molar-refractivity contribution < 1.29 is 8.42 Å². The van der Waals surface area contributed by atoms with Crippen LogP contribution in [0.4, 0.5) is 5.13 Å². The molecule has 8 heteroatoms. The van der Waals surface area contributed by atoms with E-state index in [1.807, 2.05) is 56.5 Å². The maximum absolute atomic E-state index is 13.1. The highest BCUT2D eigenvalue weighted by Gasteiger charge is 2.23. The van der Waals surface area contributed by atoms with E-state index in [0.717, 1.165) is 24.0 Å². The van der Waals surface area contributed by atoms with E-state index < -0.39 is 10.0 Å². The first kappa shape index (κ1) is 23.1. The van der Waals surface area contributed by atoms with Crippen molar-refractivity contribution in [1.29, 1.82) is 0 Å². The number of anilines is 1. The molecular formula is C23H28N4O2S2. The Morgan fingerprint density at radius 3 is 2.48 bits per heavy atom. The lowest BCUT2D eigenvalue weighted by molar-refractivity contribution is 0.410. The van der Waals surface area contributed by atoms with Gasteiger partial charge in [0.1, 0.15) is 0 Å². The minimum absolute atomic E-state index is 0.298. The van der Waals surface area contributed by atoms with E-state index in [1.54, 1.807) is 28.7 Å². The van der Waals surface area contributed by atoms with Crippen LogP contribution in [0.15, 0.2) is 63.9 Å². The summed E-state index contributed by atoms with van der Waals surface area (Å²) in [7, 11) is -3.53. The Morgan fingerprint density at radius 1 is 1.10 bits per heavy atom. The van der Waals surface area contributed by atoms with Crippen LogP contribution in [0.1, 0.15) is 37.8 Å². The summed E-state index contributed by atoms with van der Waals surface area (Å²) in [6, 6.07) is 15.0. The molecule has 0 spiro atoms. The number of hydrogen-bond acceptors (Lipinski definition) is 6. The summed E-state index contributed by atoms with van der Waals surface area (Å²) in [6.07, 6.45) is 3.30. The van der Waals surface area contributed by atoms with Crippen LogP contribution in [0.5, 0.6) is 0 Å². The summed E-state index contributed by atoms with van der Waals surface area (Å²) in [4.78, 5) is 4.85. The molecule has 164 valence electrons. The molecule has 0 fully saturated rings. The fourth-order valence-electron chi connectivity index (χ4n) is 3.09. The van der Waals surface area contributed by atoms with Gasteiger partial charge in [0.05, 0.1) is 16.8 Å². The Kier molecular flexibility index (Phi) is 7.95. The third-order valence-electron chi connectivity index (χ3n) is 4.67. The molecule has 0 aliphatic rings. The highest BCUT2D eigenvalue weighted by Crippen LogP contribution is 2.28. The highest BCUT2D eigenvalue weighted by atomic mass is 32.2. The number of aromatic nitrogens is 1. The average Bonchev–Trinajstić information content (AvgIpc) is 3.24. The zero-order valence-electron chi connectivity index (χ0n) is 18.1. The zero-order chi connectivity index (χ0) is 22.3. The van der Waals surface area contributed by atoms with Crippen molar-refractivity contribution in [3.05, 3.63) is 65.0 Å². The lowest BCUT2D eigenvalue weighted by Gasteiger charge is -2.21. The maximum Gasteiger partial charge on any atom is 0.243 e. The lowest BCUT2D eigenvalue weighted by atomic mass is 10.2. The smallest absolute Gasteiger partial charge is 0.243 e. The fourth-order valence-corrected chi connectivity index (χ4v) is 5.43. The second-order valence-electron chi connectivity index (χ2n) is 7.25. The zero-order valence-corrected chi connectivity index (χ0v) is 19.7. The summed E-state index contributed by atoms with van der Waals surface area (Å²) in [5.74, 6) is 0. The quantitative estimate of drug-likeness (QED) is 0.328. The molecule has 0 unspecified atom stereocenters. The van der Waals surface area contributed by atoms with Crippen molar-refractivity contribution in [3.8, 4) is 11.3 Å². The first-order valence-corrected chi connectivity index (χ1v) is 12.7. The van der Waals surface area contributed by atoms with Crippen LogP contribution >= 0.6 is 11.3 Å². The summed E-state index contributed by atoms with van der Waals surface area (Å²) < 4.78 is 27.7. The van der Waals surface area contributed by atoms with E-state index in [0.29, 0.717) is 28.8 Å². The van der Waals surface area contributed by atoms with Crippen LogP contribution in [0, 0.1) is 6.92 Å². The fraction of sp³-hybridized carbons (Fsp3) is 0.304. The summed E-state index contributed by atoms with van der Waals surface area (Å²) in [6.45, 7) is 7.05. The number of thiazole rings is 1. The molecule has 1 heterocycles. The van der Waals surface area contributed by atoms with Crippen molar-refractivity contribution in [3.63, 3.8) is 0 Å². The SMILES string of the molecule is CCCN(CCC)S(=O)(=O)c1cccc(-c2csc(N/N=C/c3ccc(C)cc3)n2)c1. The molecule has 0 atom stereocenters. The average molecular weight is 457 g/mol. The van der Waals surface area contributed by atoms with Crippen molar-refractivity contribution in [2.75, 3.05) is 18.5 Å². The normalized spacial score (nSPS) is 12.0. The molecule has 2 aromatic carbocycles. The Balaban J connectivity index is 1.75. The van der Waals surface area contributed by atoms with Gasteiger partial charge in [-0.1, -0.05) is 55.8 Å². The number of nitrogens with zero attached hydrogens (tertiary/aromatic N) is 3. The van der Waals surface area contributed by atoms with Gasteiger partial charge in [0.15, 0.2) is 0 Å². The molecule has 3 aromatic rings. The van der Waals surface area contributed by atoms with Crippen LogP contribution in [0.2, 0.25) is 0 Å². The molecule has 3 rings (SSSR count). The number of rotatable bonds is 10. The topological polar surface area (TPSA) is 74.7 Å². The second-order valence-corrected chi connectivity index (χ2v) is 10.0. The Bertz CT molecular complexity index is 1120. The van der Waals surface area contributed by atoms with E-state index in [4.69, 9.17) is 0 Å². The van der Waals surface area contributed by atoms with Crippen molar-refractivity contribution >= 4 is 32.7 Å². The molecule has 0 radical (unpaired) electrons. The molecule has 31 heavy (non-hydrogen) atoms. The van der Waals surface area contributed by atoms with Crippen LogP contribution in [0.3, 0.4) is 0 Å². The monoisotopic (exact) mass is 456 g/mol.